The normalized spacial score (nSPS) is 10.9. The number of aryl methyl sites for hydroxylation is 1. The fourth-order valence-electron chi connectivity index (χ4n) is 1.49. The first-order valence-electron chi connectivity index (χ1n) is 5.63. The highest BCUT2D eigenvalue weighted by Crippen LogP contribution is 2.17. The first kappa shape index (κ1) is 13.9. The second-order valence-electron chi connectivity index (χ2n) is 4.07. The summed E-state index contributed by atoms with van der Waals surface area (Å²) in [5.74, 6) is -0.155. The van der Waals surface area contributed by atoms with Crippen molar-refractivity contribution in [3.63, 3.8) is 0 Å². The zero-order valence-corrected chi connectivity index (χ0v) is 10.8. The highest BCUT2D eigenvalue weighted by Gasteiger charge is 2.07. The Bertz CT molecular complexity index is 481. The van der Waals surface area contributed by atoms with E-state index in [1.165, 1.54) is 0 Å². The van der Waals surface area contributed by atoms with E-state index < -0.39 is 0 Å². The van der Waals surface area contributed by atoms with E-state index in [0.717, 1.165) is 16.8 Å². The van der Waals surface area contributed by atoms with Gasteiger partial charge >= 0.3 is 0 Å². The molecule has 0 radical (unpaired) electrons. The number of carbonyl (C=O) groups excluding carboxylic acids is 2. The molecular weight excluding hydrogens is 230 g/mol. The third kappa shape index (κ3) is 4.01. The van der Waals surface area contributed by atoms with Crippen molar-refractivity contribution in [2.75, 3.05) is 5.32 Å². The van der Waals surface area contributed by atoms with Crippen LogP contribution in [0.2, 0.25) is 0 Å². The zero-order chi connectivity index (χ0) is 13.5. The molecule has 0 aliphatic heterocycles. The number of amides is 2. The molecule has 0 bridgehead atoms. The SMILES string of the molecule is C/C(CC(=O)Nc1cccc(C)c1C)=N/NC=O. The zero-order valence-electron chi connectivity index (χ0n) is 10.8. The van der Waals surface area contributed by atoms with Gasteiger partial charge in [0.15, 0.2) is 0 Å². The highest BCUT2D eigenvalue weighted by atomic mass is 16.1. The Labute approximate surface area is 106 Å². The topological polar surface area (TPSA) is 70.6 Å². The van der Waals surface area contributed by atoms with Crippen molar-refractivity contribution in [3.05, 3.63) is 29.3 Å². The molecule has 18 heavy (non-hydrogen) atoms. The van der Waals surface area contributed by atoms with Crippen LogP contribution in [0.1, 0.15) is 24.5 Å². The second-order valence-corrected chi connectivity index (χ2v) is 4.07. The monoisotopic (exact) mass is 247 g/mol. The van der Waals surface area contributed by atoms with Gasteiger partial charge in [0.05, 0.1) is 6.42 Å². The van der Waals surface area contributed by atoms with E-state index in [9.17, 15) is 9.59 Å². The summed E-state index contributed by atoms with van der Waals surface area (Å²) in [5.41, 5.74) is 5.69. The lowest BCUT2D eigenvalue weighted by Crippen LogP contribution is -2.17. The molecule has 0 saturated carbocycles. The Kier molecular flexibility index (Phi) is 5.05. The van der Waals surface area contributed by atoms with Gasteiger partial charge in [0.25, 0.3) is 0 Å². The molecule has 1 aromatic carbocycles. The lowest BCUT2D eigenvalue weighted by Gasteiger charge is -2.10. The summed E-state index contributed by atoms with van der Waals surface area (Å²) in [5, 5.41) is 6.52. The lowest BCUT2D eigenvalue weighted by molar-refractivity contribution is -0.115. The number of rotatable bonds is 5. The van der Waals surface area contributed by atoms with E-state index in [1.807, 2.05) is 32.0 Å². The fraction of sp³-hybridized carbons (Fsp3) is 0.308. The van der Waals surface area contributed by atoms with Crippen LogP contribution in [0.3, 0.4) is 0 Å². The summed E-state index contributed by atoms with van der Waals surface area (Å²) in [7, 11) is 0. The largest absolute Gasteiger partial charge is 0.326 e. The maximum absolute atomic E-state index is 11.7. The predicted octanol–water partition coefficient (Wildman–Crippen LogP) is 1.75. The molecule has 1 aromatic rings. The first-order chi connectivity index (χ1) is 8.54. The van der Waals surface area contributed by atoms with Gasteiger partial charge in [-0.3, -0.25) is 9.59 Å². The second kappa shape index (κ2) is 6.54. The van der Waals surface area contributed by atoms with Crippen LogP contribution in [0.4, 0.5) is 5.69 Å². The molecular formula is C13H17N3O2. The predicted molar refractivity (Wildman–Crippen MR) is 71.5 cm³/mol. The van der Waals surface area contributed by atoms with E-state index in [4.69, 9.17) is 0 Å². The number of hydrogen-bond acceptors (Lipinski definition) is 3. The van der Waals surface area contributed by atoms with Gasteiger partial charge in [0.2, 0.25) is 12.3 Å². The molecule has 0 aliphatic carbocycles. The molecule has 0 heterocycles. The average Bonchev–Trinajstić information content (AvgIpc) is 2.32. The van der Waals surface area contributed by atoms with E-state index >= 15 is 0 Å². The average molecular weight is 247 g/mol. The summed E-state index contributed by atoms with van der Waals surface area (Å²) in [6, 6.07) is 5.74. The summed E-state index contributed by atoms with van der Waals surface area (Å²) in [6.07, 6.45) is 0.611. The van der Waals surface area contributed by atoms with Crippen molar-refractivity contribution in [2.24, 2.45) is 5.10 Å². The minimum atomic E-state index is -0.155. The van der Waals surface area contributed by atoms with Gasteiger partial charge in [-0.1, -0.05) is 12.1 Å². The highest BCUT2D eigenvalue weighted by molar-refractivity contribution is 6.05. The molecule has 2 amide bonds. The Morgan fingerprint density at radius 1 is 1.39 bits per heavy atom. The standard InChI is InChI=1S/C13H17N3O2/c1-9-5-4-6-12(11(9)3)15-13(18)7-10(2)16-14-8-17/h4-6,8H,7H2,1-3H3,(H,14,17)(H,15,18)/b16-10-. The molecule has 96 valence electrons. The van der Waals surface area contributed by atoms with Crippen molar-refractivity contribution < 1.29 is 9.59 Å². The number of benzene rings is 1. The van der Waals surface area contributed by atoms with Crippen LogP contribution in [-0.2, 0) is 9.59 Å². The molecule has 5 nitrogen and oxygen atoms in total. The van der Waals surface area contributed by atoms with Crippen LogP contribution < -0.4 is 10.7 Å². The van der Waals surface area contributed by atoms with Crippen LogP contribution >= 0.6 is 0 Å². The smallest absolute Gasteiger partial charge is 0.230 e. The summed E-state index contributed by atoms with van der Waals surface area (Å²) >= 11 is 0. The van der Waals surface area contributed by atoms with Crippen molar-refractivity contribution in [1.29, 1.82) is 0 Å². The first-order valence-corrected chi connectivity index (χ1v) is 5.63. The third-order valence-electron chi connectivity index (χ3n) is 2.60. The Morgan fingerprint density at radius 3 is 2.78 bits per heavy atom. The van der Waals surface area contributed by atoms with Crippen LogP contribution in [0, 0.1) is 13.8 Å². The Morgan fingerprint density at radius 2 is 2.11 bits per heavy atom. The van der Waals surface area contributed by atoms with Gasteiger partial charge in [-0.2, -0.15) is 5.10 Å². The number of hydrazone groups is 1. The van der Waals surface area contributed by atoms with Crippen LogP contribution in [0.15, 0.2) is 23.3 Å². The van der Waals surface area contributed by atoms with Gasteiger partial charge in [0.1, 0.15) is 0 Å². The fourth-order valence-corrected chi connectivity index (χ4v) is 1.49. The number of anilines is 1. The summed E-state index contributed by atoms with van der Waals surface area (Å²) in [4.78, 5) is 21.8. The van der Waals surface area contributed by atoms with Crippen molar-refractivity contribution in [3.8, 4) is 0 Å². The number of carbonyl (C=O) groups is 2. The van der Waals surface area contributed by atoms with E-state index in [1.54, 1.807) is 6.92 Å². The van der Waals surface area contributed by atoms with Crippen LogP contribution in [0.25, 0.3) is 0 Å². The number of nitrogens with one attached hydrogen (secondary N) is 2. The Balaban J connectivity index is 2.65. The molecule has 0 fully saturated rings. The molecule has 2 N–H and O–H groups in total. The molecule has 0 saturated heterocycles. The molecule has 1 rings (SSSR count). The van der Waals surface area contributed by atoms with Crippen molar-refractivity contribution >= 4 is 23.7 Å². The maximum Gasteiger partial charge on any atom is 0.230 e. The molecule has 0 atom stereocenters. The molecule has 0 aromatic heterocycles. The molecule has 0 spiro atoms. The maximum atomic E-state index is 11.7. The minimum Gasteiger partial charge on any atom is -0.326 e. The number of hydrogen-bond donors (Lipinski definition) is 2. The van der Waals surface area contributed by atoms with Gasteiger partial charge in [-0.05, 0) is 38.0 Å². The third-order valence-corrected chi connectivity index (χ3v) is 2.60. The van der Waals surface area contributed by atoms with Crippen molar-refractivity contribution in [1.82, 2.24) is 5.43 Å². The van der Waals surface area contributed by atoms with E-state index in [-0.39, 0.29) is 12.3 Å². The van der Waals surface area contributed by atoms with Crippen LogP contribution in [0.5, 0.6) is 0 Å². The van der Waals surface area contributed by atoms with E-state index in [0.29, 0.717) is 12.1 Å². The summed E-state index contributed by atoms with van der Waals surface area (Å²) < 4.78 is 0. The molecule has 0 aliphatic rings. The lowest BCUT2D eigenvalue weighted by atomic mass is 10.1. The van der Waals surface area contributed by atoms with Gasteiger partial charge in [0, 0.05) is 11.4 Å². The molecule has 5 heteroatoms. The van der Waals surface area contributed by atoms with E-state index in [2.05, 4.69) is 15.8 Å². The van der Waals surface area contributed by atoms with Crippen molar-refractivity contribution in [2.45, 2.75) is 27.2 Å². The summed E-state index contributed by atoms with van der Waals surface area (Å²) in [6.45, 7) is 5.63. The molecule has 0 unspecified atom stereocenters. The van der Waals surface area contributed by atoms with Gasteiger partial charge in [-0.15, -0.1) is 0 Å². The minimum absolute atomic E-state index is 0.147. The number of nitrogens with zero attached hydrogens (tertiary/aromatic N) is 1. The van der Waals surface area contributed by atoms with Gasteiger partial charge < -0.3 is 5.32 Å². The van der Waals surface area contributed by atoms with Gasteiger partial charge in [-0.25, -0.2) is 5.43 Å². The Hall–Kier alpha value is -2.17. The van der Waals surface area contributed by atoms with Crippen LogP contribution in [-0.4, -0.2) is 18.0 Å². The quantitative estimate of drug-likeness (QED) is 0.473.